The molecule has 0 aliphatic heterocycles. The topological polar surface area (TPSA) is 60.5 Å². The lowest BCUT2D eigenvalue weighted by atomic mass is 10.2. The Bertz CT molecular complexity index is 317. The van der Waals surface area contributed by atoms with E-state index in [1.54, 1.807) is 24.6 Å². The Hall–Kier alpha value is -0.980. The van der Waals surface area contributed by atoms with Crippen molar-refractivity contribution in [2.45, 2.75) is 12.8 Å². The Morgan fingerprint density at radius 1 is 1.59 bits per heavy atom. The minimum Gasteiger partial charge on any atom is -0.382 e. The normalized spacial score (nSPS) is 12.4. The van der Waals surface area contributed by atoms with E-state index in [0.717, 1.165) is 5.01 Å². The molecule has 0 bridgehead atoms. The van der Waals surface area contributed by atoms with Crippen molar-refractivity contribution < 1.29 is 14.3 Å². The number of carbonyl (C=O) groups is 1. The number of ether oxygens (including phenoxy) is 2. The minimum absolute atomic E-state index is 0.0773. The summed E-state index contributed by atoms with van der Waals surface area (Å²) in [6, 6.07) is 0. The minimum atomic E-state index is -0.107. The molecule has 0 fully saturated rings. The van der Waals surface area contributed by atoms with Crippen LogP contribution in [0.5, 0.6) is 0 Å². The van der Waals surface area contributed by atoms with E-state index >= 15 is 0 Å². The summed E-state index contributed by atoms with van der Waals surface area (Å²) in [5.74, 6) is 0.127. The third kappa shape index (κ3) is 5.76. The second kappa shape index (κ2) is 8.16. The van der Waals surface area contributed by atoms with Gasteiger partial charge in [-0.15, -0.1) is 11.3 Å². The van der Waals surface area contributed by atoms with Crippen molar-refractivity contribution >= 4 is 17.2 Å². The van der Waals surface area contributed by atoms with Crippen molar-refractivity contribution in [3.63, 3.8) is 0 Å². The van der Waals surface area contributed by atoms with Gasteiger partial charge in [0.05, 0.1) is 18.2 Å². The van der Waals surface area contributed by atoms with Gasteiger partial charge in [0, 0.05) is 31.1 Å². The van der Waals surface area contributed by atoms with Gasteiger partial charge >= 0.3 is 0 Å². The summed E-state index contributed by atoms with van der Waals surface area (Å²) in [5, 5.41) is 5.77. The molecule has 0 aliphatic rings. The van der Waals surface area contributed by atoms with Crippen molar-refractivity contribution in [1.29, 1.82) is 0 Å². The summed E-state index contributed by atoms with van der Waals surface area (Å²) in [4.78, 5) is 15.6. The number of aromatic nitrogens is 1. The van der Waals surface area contributed by atoms with E-state index in [9.17, 15) is 4.79 Å². The predicted molar refractivity (Wildman–Crippen MR) is 66.2 cm³/mol. The maximum atomic E-state index is 11.4. The fourth-order valence-electron chi connectivity index (χ4n) is 1.19. The molecule has 0 spiro atoms. The lowest BCUT2D eigenvalue weighted by molar-refractivity contribution is -0.126. The molecule has 1 heterocycles. The predicted octanol–water partition coefficient (Wildman–Crippen LogP) is 1.03. The van der Waals surface area contributed by atoms with Gasteiger partial charge in [-0.1, -0.05) is 6.92 Å². The highest BCUT2D eigenvalue weighted by Crippen LogP contribution is 2.16. The van der Waals surface area contributed by atoms with E-state index in [0.29, 0.717) is 19.8 Å². The largest absolute Gasteiger partial charge is 0.382 e. The van der Waals surface area contributed by atoms with Gasteiger partial charge in [0.15, 0.2) is 0 Å². The van der Waals surface area contributed by atoms with Gasteiger partial charge in [-0.2, -0.15) is 0 Å². The highest BCUT2D eigenvalue weighted by molar-refractivity contribution is 7.09. The number of hydrogen-bond donors (Lipinski definition) is 1. The summed E-state index contributed by atoms with van der Waals surface area (Å²) in [6.45, 7) is 3.63. The number of thiazole rings is 1. The number of carbonyl (C=O) groups excluding carboxylic acids is 1. The molecule has 0 saturated heterocycles. The first-order valence-electron chi connectivity index (χ1n) is 5.46. The summed E-state index contributed by atoms with van der Waals surface area (Å²) in [5.41, 5.74) is 0. The van der Waals surface area contributed by atoms with E-state index < -0.39 is 0 Å². The fourth-order valence-corrected chi connectivity index (χ4v) is 1.89. The molecule has 0 aromatic carbocycles. The number of amides is 1. The Kier molecular flexibility index (Phi) is 6.76. The highest BCUT2D eigenvalue weighted by atomic mass is 32.1. The molecule has 1 aromatic heterocycles. The van der Waals surface area contributed by atoms with Crippen molar-refractivity contribution in [1.82, 2.24) is 10.3 Å². The quantitative estimate of drug-likeness (QED) is 0.707. The number of nitrogens with one attached hydrogen (secondary N) is 1. The van der Waals surface area contributed by atoms with Crippen LogP contribution in [0.25, 0.3) is 0 Å². The average molecular weight is 258 g/mol. The first kappa shape index (κ1) is 14.1. The van der Waals surface area contributed by atoms with Crippen LogP contribution in [0.3, 0.4) is 0 Å². The molecule has 96 valence electrons. The monoisotopic (exact) mass is 258 g/mol. The van der Waals surface area contributed by atoms with E-state index in [1.807, 2.05) is 12.3 Å². The summed E-state index contributed by atoms with van der Waals surface area (Å²) < 4.78 is 9.92. The van der Waals surface area contributed by atoms with Gasteiger partial charge in [-0.05, 0) is 0 Å². The lowest BCUT2D eigenvalue weighted by Crippen LogP contribution is -2.31. The molecule has 0 aliphatic carbocycles. The molecule has 1 unspecified atom stereocenters. The molecule has 5 nitrogen and oxygen atoms in total. The molecule has 1 aromatic rings. The number of methoxy groups -OCH3 is 1. The maximum Gasteiger partial charge on any atom is 0.246 e. The van der Waals surface area contributed by atoms with Crippen LogP contribution in [-0.4, -0.2) is 44.4 Å². The van der Waals surface area contributed by atoms with Crippen LogP contribution in [0.15, 0.2) is 11.6 Å². The SMILES string of the molecule is COCCOCC(=O)NCC(C)c1nccs1. The molecule has 0 saturated carbocycles. The molecular weight excluding hydrogens is 240 g/mol. The first-order valence-corrected chi connectivity index (χ1v) is 6.34. The van der Waals surface area contributed by atoms with Crippen LogP contribution < -0.4 is 5.32 Å². The van der Waals surface area contributed by atoms with Gasteiger partial charge in [0.1, 0.15) is 6.61 Å². The first-order chi connectivity index (χ1) is 8.24. The Morgan fingerprint density at radius 3 is 3.06 bits per heavy atom. The Balaban J connectivity index is 2.11. The average Bonchev–Trinajstić information content (AvgIpc) is 2.85. The highest BCUT2D eigenvalue weighted by Gasteiger charge is 2.09. The van der Waals surface area contributed by atoms with E-state index in [-0.39, 0.29) is 18.4 Å². The van der Waals surface area contributed by atoms with Crippen LogP contribution in [-0.2, 0) is 14.3 Å². The molecule has 0 radical (unpaired) electrons. The van der Waals surface area contributed by atoms with Crippen LogP contribution in [0, 0.1) is 0 Å². The van der Waals surface area contributed by atoms with Gasteiger partial charge in [0.2, 0.25) is 5.91 Å². The standard InChI is InChI=1S/C11H18N2O3S/c1-9(11-12-3-6-17-11)7-13-10(14)8-16-5-4-15-2/h3,6,9H,4-5,7-8H2,1-2H3,(H,13,14). The summed E-state index contributed by atoms with van der Waals surface area (Å²) in [7, 11) is 1.60. The molecule has 1 amide bonds. The van der Waals surface area contributed by atoms with Crippen LogP contribution in [0.2, 0.25) is 0 Å². The van der Waals surface area contributed by atoms with Crippen molar-refractivity contribution in [2.24, 2.45) is 0 Å². The smallest absolute Gasteiger partial charge is 0.246 e. The van der Waals surface area contributed by atoms with Gasteiger partial charge < -0.3 is 14.8 Å². The van der Waals surface area contributed by atoms with Crippen molar-refractivity contribution in [3.8, 4) is 0 Å². The van der Waals surface area contributed by atoms with Gasteiger partial charge in [-0.3, -0.25) is 4.79 Å². The maximum absolute atomic E-state index is 11.4. The molecule has 1 rings (SSSR count). The second-order valence-corrected chi connectivity index (χ2v) is 4.55. The van der Waals surface area contributed by atoms with Crippen molar-refractivity contribution in [3.05, 3.63) is 16.6 Å². The zero-order valence-electron chi connectivity index (χ0n) is 10.1. The zero-order valence-corrected chi connectivity index (χ0v) is 11.0. The third-order valence-corrected chi connectivity index (χ3v) is 3.15. The Morgan fingerprint density at radius 2 is 2.41 bits per heavy atom. The molecule has 1 atom stereocenters. The summed E-state index contributed by atoms with van der Waals surface area (Å²) in [6.07, 6.45) is 1.77. The number of nitrogens with zero attached hydrogens (tertiary/aromatic N) is 1. The van der Waals surface area contributed by atoms with Gasteiger partial charge in [-0.25, -0.2) is 4.98 Å². The summed E-state index contributed by atoms with van der Waals surface area (Å²) >= 11 is 1.60. The molecule has 17 heavy (non-hydrogen) atoms. The van der Waals surface area contributed by atoms with E-state index in [4.69, 9.17) is 9.47 Å². The van der Waals surface area contributed by atoms with Crippen LogP contribution in [0.1, 0.15) is 17.8 Å². The Labute approximate surface area is 105 Å². The van der Waals surface area contributed by atoms with Crippen LogP contribution >= 0.6 is 11.3 Å². The van der Waals surface area contributed by atoms with E-state index in [2.05, 4.69) is 10.3 Å². The van der Waals surface area contributed by atoms with Gasteiger partial charge in [0.25, 0.3) is 0 Å². The molecular formula is C11H18N2O3S. The fraction of sp³-hybridized carbons (Fsp3) is 0.636. The number of hydrogen-bond acceptors (Lipinski definition) is 5. The second-order valence-electron chi connectivity index (χ2n) is 3.62. The zero-order chi connectivity index (χ0) is 12.5. The molecule has 6 heteroatoms. The van der Waals surface area contributed by atoms with E-state index in [1.165, 1.54) is 0 Å². The van der Waals surface area contributed by atoms with Crippen LogP contribution in [0.4, 0.5) is 0 Å². The number of rotatable bonds is 8. The lowest BCUT2D eigenvalue weighted by Gasteiger charge is -2.10. The molecule has 1 N–H and O–H groups in total. The van der Waals surface area contributed by atoms with Crippen molar-refractivity contribution in [2.75, 3.05) is 33.5 Å². The third-order valence-electron chi connectivity index (χ3n) is 2.14.